The number of carbonyl (C=O) groups is 1. The number of aliphatic hydroxyl groups is 2. The SMILES string of the molecule is C[C@@H]([C@@H](O)c1ccccc1)N(C)C(=O)C[C@H](O)c1ccc([N+](=O)[O-])cc1. The molecule has 7 heteroatoms. The van der Waals surface area contributed by atoms with Crippen LogP contribution >= 0.6 is 0 Å². The molecule has 0 unspecified atom stereocenters. The second-order valence-corrected chi connectivity index (χ2v) is 6.17. The molecule has 0 spiro atoms. The van der Waals surface area contributed by atoms with E-state index in [-0.39, 0.29) is 18.0 Å². The molecule has 2 aromatic carbocycles. The standard InChI is InChI=1S/C19H22N2O5/c1-13(19(24)15-6-4-3-5-7-15)20(2)18(23)12-17(22)14-8-10-16(11-9-14)21(25)26/h3-11,13,17,19,22,24H,12H2,1-2H3/t13-,17-,19+/m0/s1. The molecule has 2 N–H and O–H groups in total. The zero-order valence-corrected chi connectivity index (χ0v) is 14.6. The van der Waals surface area contributed by atoms with E-state index in [9.17, 15) is 25.1 Å². The van der Waals surface area contributed by atoms with Crippen LogP contribution in [0.25, 0.3) is 0 Å². The summed E-state index contributed by atoms with van der Waals surface area (Å²) in [5.41, 5.74) is 1.05. The van der Waals surface area contributed by atoms with E-state index in [0.29, 0.717) is 11.1 Å². The maximum Gasteiger partial charge on any atom is 0.269 e. The number of non-ortho nitro benzene ring substituents is 1. The van der Waals surface area contributed by atoms with Crippen molar-refractivity contribution in [3.8, 4) is 0 Å². The van der Waals surface area contributed by atoms with Gasteiger partial charge in [-0.05, 0) is 30.2 Å². The molecular formula is C19H22N2O5. The van der Waals surface area contributed by atoms with Gasteiger partial charge in [-0.3, -0.25) is 14.9 Å². The molecule has 2 rings (SSSR count). The molecule has 1 amide bonds. The highest BCUT2D eigenvalue weighted by molar-refractivity contribution is 5.77. The maximum absolute atomic E-state index is 12.4. The van der Waals surface area contributed by atoms with Crippen LogP contribution in [0.2, 0.25) is 0 Å². The van der Waals surface area contributed by atoms with Crippen LogP contribution in [-0.4, -0.2) is 39.0 Å². The number of aliphatic hydroxyl groups excluding tert-OH is 2. The first-order chi connectivity index (χ1) is 12.3. The maximum atomic E-state index is 12.4. The molecule has 0 saturated carbocycles. The topological polar surface area (TPSA) is 104 Å². The summed E-state index contributed by atoms with van der Waals surface area (Å²) in [6.07, 6.45) is -2.10. The van der Waals surface area contributed by atoms with Gasteiger partial charge in [0.15, 0.2) is 0 Å². The molecule has 0 aromatic heterocycles. The first-order valence-corrected chi connectivity index (χ1v) is 8.22. The second kappa shape index (κ2) is 8.55. The summed E-state index contributed by atoms with van der Waals surface area (Å²) in [5, 5.41) is 31.3. The minimum Gasteiger partial charge on any atom is -0.388 e. The van der Waals surface area contributed by atoms with Gasteiger partial charge in [0.2, 0.25) is 5.91 Å². The number of nitro groups is 1. The average molecular weight is 358 g/mol. The van der Waals surface area contributed by atoms with Crippen molar-refractivity contribution in [3.05, 3.63) is 75.8 Å². The number of hydrogen-bond acceptors (Lipinski definition) is 5. The van der Waals surface area contributed by atoms with E-state index in [1.807, 2.05) is 18.2 Å². The van der Waals surface area contributed by atoms with E-state index in [4.69, 9.17) is 0 Å². The quantitative estimate of drug-likeness (QED) is 0.585. The third-order valence-corrected chi connectivity index (χ3v) is 4.46. The lowest BCUT2D eigenvalue weighted by Crippen LogP contribution is -2.39. The van der Waals surface area contributed by atoms with Gasteiger partial charge in [0, 0.05) is 19.2 Å². The summed E-state index contributed by atoms with van der Waals surface area (Å²) >= 11 is 0. The number of nitrogens with zero attached hydrogens (tertiary/aromatic N) is 2. The van der Waals surface area contributed by atoms with Crippen molar-refractivity contribution in [2.24, 2.45) is 0 Å². The molecule has 0 aliphatic carbocycles. The van der Waals surface area contributed by atoms with Crippen LogP contribution < -0.4 is 0 Å². The Morgan fingerprint density at radius 2 is 1.65 bits per heavy atom. The van der Waals surface area contributed by atoms with E-state index in [2.05, 4.69) is 0 Å². The second-order valence-electron chi connectivity index (χ2n) is 6.17. The molecule has 138 valence electrons. The third kappa shape index (κ3) is 4.65. The van der Waals surface area contributed by atoms with Crippen molar-refractivity contribution in [1.82, 2.24) is 4.90 Å². The Morgan fingerprint density at radius 1 is 1.08 bits per heavy atom. The number of likely N-dealkylation sites (N-methyl/N-ethyl adjacent to an activating group) is 1. The number of amides is 1. The van der Waals surface area contributed by atoms with Crippen molar-refractivity contribution in [1.29, 1.82) is 0 Å². The largest absolute Gasteiger partial charge is 0.388 e. The van der Waals surface area contributed by atoms with Crippen molar-refractivity contribution in [2.75, 3.05) is 7.05 Å². The van der Waals surface area contributed by atoms with E-state index >= 15 is 0 Å². The first-order valence-electron chi connectivity index (χ1n) is 8.22. The summed E-state index contributed by atoms with van der Waals surface area (Å²) in [4.78, 5) is 24.0. The van der Waals surface area contributed by atoms with Crippen LogP contribution in [-0.2, 0) is 4.79 Å². The molecule has 3 atom stereocenters. The normalized spacial score (nSPS) is 14.3. The number of rotatable bonds is 7. The number of carbonyl (C=O) groups excluding carboxylic acids is 1. The van der Waals surface area contributed by atoms with Gasteiger partial charge in [0.05, 0.1) is 29.6 Å². The monoisotopic (exact) mass is 358 g/mol. The highest BCUT2D eigenvalue weighted by Gasteiger charge is 2.25. The van der Waals surface area contributed by atoms with Gasteiger partial charge in [-0.2, -0.15) is 0 Å². The molecule has 0 fully saturated rings. The fourth-order valence-electron chi connectivity index (χ4n) is 2.61. The van der Waals surface area contributed by atoms with Crippen molar-refractivity contribution >= 4 is 11.6 Å². The molecule has 0 radical (unpaired) electrons. The summed E-state index contributed by atoms with van der Waals surface area (Å²) in [6.45, 7) is 1.73. The lowest BCUT2D eigenvalue weighted by molar-refractivity contribution is -0.384. The van der Waals surface area contributed by atoms with Gasteiger partial charge >= 0.3 is 0 Å². The lowest BCUT2D eigenvalue weighted by atomic mass is 10.0. The summed E-state index contributed by atoms with van der Waals surface area (Å²) in [6, 6.07) is 14.0. The highest BCUT2D eigenvalue weighted by atomic mass is 16.6. The van der Waals surface area contributed by atoms with Gasteiger partial charge in [-0.25, -0.2) is 0 Å². The zero-order chi connectivity index (χ0) is 19.3. The summed E-state index contributed by atoms with van der Waals surface area (Å²) in [5.74, 6) is -0.335. The number of benzene rings is 2. The van der Waals surface area contributed by atoms with E-state index in [0.717, 1.165) is 0 Å². The molecule has 0 saturated heterocycles. The van der Waals surface area contributed by atoms with Crippen LogP contribution in [0.15, 0.2) is 54.6 Å². The third-order valence-electron chi connectivity index (χ3n) is 4.46. The Labute approximate surface area is 151 Å². The van der Waals surface area contributed by atoms with Crippen molar-refractivity contribution in [3.63, 3.8) is 0 Å². The Kier molecular flexibility index (Phi) is 6.43. The molecule has 2 aromatic rings. The van der Waals surface area contributed by atoms with Crippen LogP contribution in [0.5, 0.6) is 0 Å². The van der Waals surface area contributed by atoms with Crippen molar-refractivity contribution in [2.45, 2.75) is 31.6 Å². The Bertz CT molecular complexity index is 748. The van der Waals surface area contributed by atoms with Gasteiger partial charge < -0.3 is 15.1 Å². The van der Waals surface area contributed by atoms with Crippen LogP contribution in [0.4, 0.5) is 5.69 Å². The van der Waals surface area contributed by atoms with Crippen LogP contribution in [0, 0.1) is 10.1 Å². The minimum atomic E-state index is -1.08. The lowest BCUT2D eigenvalue weighted by Gasteiger charge is -2.30. The fraction of sp³-hybridized carbons (Fsp3) is 0.316. The molecule has 0 bridgehead atoms. The van der Waals surface area contributed by atoms with Gasteiger partial charge in [-0.1, -0.05) is 30.3 Å². The molecule has 0 aliphatic rings. The fourth-order valence-corrected chi connectivity index (χ4v) is 2.61. The number of nitro benzene ring substituents is 1. The zero-order valence-electron chi connectivity index (χ0n) is 14.6. The molecule has 0 heterocycles. The Balaban J connectivity index is 2.00. The first kappa shape index (κ1) is 19.6. The van der Waals surface area contributed by atoms with E-state index < -0.39 is 23.2 Å². The average Bonchev–Trinajstić information content (AvgIpc) is 2.66. The molecule has 7 nitrogen and oxygen atoms in total. The Morgan fingerprint density at radius 3 is 2.19 bits per heavy atom. The minimum absolute atomic E-state index is 0.0796. The van der Waals surface area contributed by atoms with Gasteiger partial charge in [-0.15, -0.1) is 0 Å². The van der Waals surface area contributed by atoms with Crippen molar-refractivity contribution < 1.29 is 19.9 Å². The van der Waals surface area contributed by atoms with Gasteiger partial charge in [0.1, 0.15) is 0 Å². The molecule has 26 heavy (non-hydrogen) atoms. The molecular weight excluding hydrogens is 336 g/mol. The van der Waals surface area contributed by atoms with E-state index in [1.54, 1.807) is 26.1 Å². The number of hydrogen-bond donors (Lipinski definition) is 2. The highest BCUT2D eigenvalue weighted by Crippen LogP contribution is 2.24. The van der Waals surface area contributed by atoms with Gasteiger partial charge in [0.25, 0.3) is 5.69 Å². The summed E-state index contributed by atoms with van der Waals surface area (Å²) < 4.78 is 0. The van der Waals surface area contributed by atoms with E-state index in [1.165, 1.54) is 29.2 Å². The summed E-state index contributed by atoms with van der Waals surface area (Å²) in [7, 11) is 1.57. The van der Waals surface area contributed by atoms with Crippen LogP contribution in [0.3, 0.4) is 0 Å². The smallest absolute Gasteiger partial charge is 0.269 e. The Hall–Kier alpha value is -2.77. The molecule has 0 aliphatic heterocycles. The predicted molar refractivity (Wildman–Crippen MR) is 96.3 cm³/mol. The van der Waals surface area contributed by atoms with Crippen LogP contribution in [0.1, 0.15) is 36.7 Å². The predicted octanol–water partition coefficient (Wildman–Crippen LogP) is 2.60.